The van der Waals surface area contributed by atoms with E-state index in [1.807, 2.05) is 24.3 Å². The third kappa shape index (κ3) is 5.59. The van der Waals surface area contributed by atoms with Crippen LogP contribution in [-0.2, 0) is 6.42 Å². The van der Waals surface area contributed by atoms with E-state index in [0.29, 0.717) is 16.8 Å². The summed E-state index contributed by atoms with van der Waals surface area (Å²) in [5.41, 5.74) is 13.8. The molecule has 7 nitrogen and oxygen atoms in total. The minimum atomic E-state index is -0.323. The Bertz CT molecular complexity index is 914. The zero-order chi connectivity index (χ0) is 21.6. The van der Waals surface area contributed by atoms with Gasteiger partial charge in [-0.25, -0.2) is 4.79 Å². The first kappa shape index (κ1) is 21.4. The predicted molar refractivity (Wildman–Crippen MR) is 121 cm³/mol. The number of hydrogen-bond acceptors (Lipinski definition) is 3. The lowest BCUT2D eigenvalue weighted by Crippen LogP contribution is -2.51. The second-order valence-electron chi connectivity index (χ2n) is 8.06. The highest BCUT2D eigenvalue weighted by atomic mass is 16.2. The van der Waals surface area contributed by atoms with Gasteiger partial charge in [0.2, 0.25) is 0 Å². The van der Waals surface area contributed by atoms with Gasteiger partial charge in [-0.05, 0) is 37.0 Å². The normalized spacial score (nSPS) is 15.6. The van der Waals surface area contributed by atoms with Gasteiger partial charge in [0.1, 0.15) is 11.7 Å². The molecule has 0 aliphatic heterocycles. The lowest BCUT2D eigenvalue weighted by atomic mass is 9.83. The van der Waals surface area contributed by atoms with Gasteiger partial charge in [-0.2, -0.15) is 0 Å². The minimum Gasteiger partial charge on any atom is -0.384 e. The monoisotopic (exact) mass is 406 g/mol. The van der Waals surface area contributed by atoms with Crippen molar-refractivity contribution in [3.05, 3.63) is 65.2 Å². The Morgan fingerprint density at radius 1 is 0.900 bits per heavy atom. The Morgan fingerprint density at radius 2 is 1.53 bits per heavy atom. The van der Waals surface area contributed by atoms with Gasteiger partial charge in [0.05, 0.1) is 0 Å². The Morgan fingerprint density at radius 3 is 2.13 bits per heavy atom. The Balaban J connectivity index is 1.75. The highest BCUT2D eigenvalue weighted by Crippen LogP contribution is 2.31. The number of carbonyl (C=O) groups is 1. The number of nitrogen functional groups attached to an aromatic ring is 2. The number of hydrogen-bond donors (Lipinski definition) is 6. The molecule has 0 aromatic heterocycles. The number of nitrogens with one attached hydrogen (secondary N) is 4. The highest BCUT2D eigenvalue weighted by Gasteiger charge is 2.33. The van der Waals surface area contributed by atoms with Gasteiger partial charge in [0.25, 0.3) is 0 Å². The summed E-state index contributed by atoms with van der Waals surface area (Å²) in [4.78, 5) is 12.9. The molecule has 2 amide bonds. The molecule has 1 fully saturated rings. The van der Waals surface area contributed by atoms with Gasteiger partial charge >= 0.3 is 6.03 Å². The van der Waals surface area contributed by atoms with Crippen molar-refractivity contribution >= 4 is 23.4 Å². The molecule has 0 heterocycles. The second-order valence-corrected chi connectivity index (χ2v) is 8.06. The molecule has 1 aliphatic carbocycles. The summed E-state index contributed by atoms with van der Waals surface area (Å²) in [5.74, 6) is 0.0179. The number of amidine groups is 2. The number of benzene rings is 2. The summed E-state index contributed by atoms with van der Waals surface area (Å²) in [6.45, 7) is 0. The largest absolute Gasteiger partial charge is 0.384 e. The van der Waals surface area contributed by atoms with E-state index >= 15 is 0 Å². The lowest BCUT2D eigenvalue weighted by molar-refractivity contribution is 0.227. The molecule has 0 unspecified atom stereocenters. The van der Waals surface area contributed by atoms with Crippen LogP contribution < -0.4 is 22.1 Å². The number of nitrogens with two attached hydrogens (primary N) is 2. The first-order valence-electron chi connectivity index (χ1n) is 10.3. The number of amides is 2. The molecule has 8 N–H and O–H groups in total. The molecular weight excluding hydrogens is 376 g/mol. The summed E-state index contributed by atoms with van der Waals surface area (Å²) in [5, 5.41) is 21.3. The van der Waals surface area contributed by atoms with Crippen LogP contribution in [0.25, 0.3) is 0 Å². The van der Waals surface area contributed by atoms with E-state index in [1.165, 1.54) is 12.8 Å². The number of rotatable bonds is 6. The van der Waals surface area contributed by atoms with Crippen LogP contribution in [0.15, 0.2) is 48.5 Å². The fraction of sp³-hybridized carbons (Fsp3) is 0.348. The summed E-state index contributed by atoms with van der Waals surface area (Å²) in [6.07, 6.45) is 7.07. The van der Waals surface area contributed by atoms with Crippen LogP contribution in [0, 0.1) is 10.8 Å². The zero-order valence-electron chi connectivity index (χ0n) is 17.1. The molecule has 0 spiro atoms. The fourth-order valence-corrected chi connectivity index (χ4v) is 4.11. The summed E-state index contributed by atoms with van der Waals surface area (Å²) < 4.78 is 0. The van der Waals surface area contributed by atoms with Crippen molar-refractivity contribution in [3.8, 4) is 0 Å². The van der Waals surface area contributed by atoms with Crippen molar-refractivity contribution in [1.82, 2.24) is 5.32 Å². The average molecular weight is 407 g/mol. The van der Waals surface area contributed by atoms with E-state index in [-0.39, 0.29) is 23.2 Å². The van der Waals surface area contributed by atoms with Gasteiger partial charge in [-0.1, -0.05) is 62.1 Å². The molecule has 3 rings (SSSR count). The van der Waals surface area contributed by atoms with Crippen LogP contribution >= 0.6 is 0 Å². The van der Waals surface area contributed by atoms with Crippen molar-refractivity contribution in [3.63, 3.8) is 0 Å². The van der Waals surface area contributed by atoms with Crippen molar-refractivity contribution in [2.45, 2.75) is 50.5 Å². The smallest absolute Gasteiger partial charge is 0.319 e. The van der Waals surface area contributed by atoms with Gasteiger partial charge in [-0.15, -0.1) is 0 Å². The molecule has 7 heteroatoms. The summed E-state index contributed by atoms with van der Waals surface area (Å²) in [7, 11) is 0. The lowest BCUT2D eigenvalue weighted by Gasteiger charge is -2.34. The first-order chi connectivity index (χ1) is 14.4. The van der Waals surface area contributed by atoms with Gasteiger partial charge in [-0.3, -0.25) is 10.8 Å². The Hall–Kier alpha value is -3.35. The third-order valence-corrected chi connectivity index (χ3v) is 5.68. The maximum atomic E-state index is 12.9. The Kier molecular flexibility index (Phi) is 6.72. The molecule has 158 valence electrons. The van der Waals surface area contributed by atoms with Crippen LogP contribution in [0.2, 0.25) is 0 Å². The predicted octanol–water partition coefficient (Wildman–Crippen LogP) is 3.71. The van der Waals surface area contributed by atoms with Crippen LogP contribution in [0.5, 0.6) is 0 Å². The molecule has 30 heavy (non-hydrogen) atoms. The van der Waals surface area contributed by atoms with E-state index < -0.39 is 0 Å². The van der Waals surface area contributed by atoms with Crippen molar-refractivity contribution < 1.29 is 4.79 Å². The van der Waals surface area contributed by atoms with Crippen molar-refractivity contribution in [1.29, 1.82) is 10.8 Å². The summed E-state index contributed by atoms with van der Waals surface area (Å²) >= 11 is 0. The van der Waals surface area contributed by atoms with Crippen LogP contribution in [0.4, 0.5) is 10.5 Å². The van der Waals surface area contributed by atoms with E-state index in [2.05, 4.69) is 10.6 Å². The molecule has 0 saturated heterocycles. The summed E-state index contributed by atoms with van der Waals surface area (Å²) in [6, 6.07) is 14.4. The second kappa shape index (κ2) is 9.43. The fourth-order valence-electron chi connectivity index (χ4n) is 4.11. The first-order valence-corrected chi connectivity index (χ1v) is 10.3. The highest BCUT2D eigenvalue weighted by molar-refractivity contribution is 5.97. The third-order valence-electron chi connectivity index (χ3n) is 5.68. The van der Waals surface area contributed by atoms with E-state index in [1.54, 1.807) is 24.3 Å². The Labute approximate surface area is 177 Å². The van der Waals surface area contributed by atoms with E-state index in [9.17, 15) is 4.79 Å². The molecule has 0 atom stereocenters. The molecular formula is C23H30N6O. The number of anilines is 1. The maximum Gasteiger partial charge on any atom is 0.319 e. The number of carbonyl (C=O) groups excluding carboxylic acids is 1. The molecule has 0 radical (unpaired) electrons. The molecule has 0 bridgehead atoms. The maximum absolute atomic E-state index is 12.9. The standard InChI is InChI=1S/C23H30N6O/c24-20(25)17-10-8-16(9-11-17)15-23(12-3-1-2-4-13-23)29-22(30)28-19-7-5-6-18(14-19)21(26)27/h5-11,14H,1-4,12-13,15H2,(H3,24,25)(H3,26,27)(H2,28,29,30). The molecule has 1 aliphatic rings. The SMILES string of the molecule is N=C(N)c1ccc(CC2(NC(=O)Nc3cccc(C(=N)N)c3)CCCCCC2)cc1. The number of urea groups is 1. The van der Waals surface area contributed by atoms with Gasteiger partial charge in [0.15, 0.2) is 0 Å². The van der Waals surface area contributed by atoms with Gasteiger partial charge in [0, 0.05) is 22.4 Å². The van der Waals surface area contributed by atoms with Crippen LogP contribution in [-0.4, -0.2) is 23.2 Å². The van der Waals surface area contributed by atoms with Crippen LogP contribution in [0.3, 0.4) is 0 Å². The van der Waals surface area contributed by atoms with Crippen LogP contribution in [0.1, 0.15) is 55.2 Å². The van der Waals surface area contributed by atoms with E-state index in [4.69, 9.17) is 22.3 Å². The quantitative estimate of drug-likeness (QED) is 0.247. The topological polar surface area (TPSA) is 141 Å². The van der Waals surface area contributed by atoms with Crippen molar-refractivity contribution in [2.24, 2.45) is 11.5 Å². The molecule has 2 aromatic rings. The molecule has 1 saturated carbocycles. The molecule has 2 aromatic carbocycles. The average Bonchev–Trinajstić information content (AvgIpc) is 2.93. The van der Waals surface area contributed by atoms with E-state index in [0.717, 1.165) is 37.7 Å². The van der Waals surface area contributed by atoms with Crippen molar-refractivity contribution in [2.75, 3.05) is 5.32 Å². The zero-order valence-corrected chi connectivity index (χ0v) is 17.1. The van der Waals surface area contributed by atoms with Gasteiger partial charge < -0.3 is 22.1 Å². The minimum absolute atomic E-state index is 0.0340.